The lowest BCUT2D eigenvalue weighted by atomic mass is 10.1. The first-order valence-corrected chi connectivity index (χ1v) is 8.65. The van der Waals surface area contributed by atoms with Crippen LogP contribution in [0.4, 0.5) is 0 Å². The van der Waals surface area contributed by atoms with Crippen molar-refractivity contribution >= 4 is 5.91 Å². The van der Waals surface area contributed by atoms with Crippen molar-refractivity contribution in [3.63, 3.8) is 0 Å². The van der Waals surface area contributed by atoms with E-state index in [-0.39, 0.29) is 5.91 Å². The van der Waals surface area contributed by atoms with Gasteiger partial charge in [0.25, 0.3) is 0 Å². The average molecular weight is 324 g/mol. The van der Waals surface area contributed by atoms with E-state index in [9.17, 15) is 4.79 Å². The largest absolute Gasteiger partial charge is 0.352 e. The van der Waals surface area contributed by atoms with E-state index in [1.165, 1.54) is 11.1 Å². The molecular weight excluding hydrogens is 296 g/mol. The van der Waals surface area contributed by atoms with Crippen LogP contribution in [0.15, 0.2) is 54.6 Å². The molecule has 0 atom stereocenters. The fourth-order valence-electron chi connectivity index (χ4n) is 2.69. The number of amides is 1. The predicted molar refractivity (Wildman–Crippen MR) is 99.6 cm³/mol. The third-order valence-electron chi connectivity index (χ3n) is 4.16. The molecule has 0 saturated heterocycles. The van der Waals surface area contributed by atoms with Gasteiger partial charge in [0.1, 0.15) is 0 Å². The summed E-state index contributed by atoms with van der Waals surface area (Å²) in [5.41, 5.74) is 3.65. The molecule has 3 heteroatoms. The van der Waals surface area contributed by atoms with Gasteiger partial charge in [-0.15, -0.1) is 0 Å². The van der Waals surface area contributed by atoms with Crippen LogP contribution in [0.1, 0.15) is 37.0 Å². The highest BCUT2D eigenvalue weighted by Gasteiger charge is 2.12. The van der Waals surface area contributed by atoms with Gasteiger partial charge < -0.3 is 5.32 Å². The lowest BCUT2D eigenvalue weighted by molar-refractivity contribution is -0.121. The zero-order valence-electron chi connectivity index (χ0n) is 15.0. The Morgan fingerprint density at radius 3 is 2.42 bits per heavy atom. The molecule has 0 heterocycles. The molecule has 3 nitrogen and oxygen atoms in total. The van der Waals surface area contributed by atoms with Gasteiger partial charge in [-0.05, 0) is 31.9 Å². The molecule has 0 spiro atoms. The molecule has 24 heavy (non-hydrogen) atoms. The summed E-state index contributed by atoms with van der Waals surface area (Å²) in [6.07, 6.45) is 0.525. The van der Waals surface area contributed by atoms with Gasteiger partial charge in [0.2, 0.25) is 5.91 Å². The van der Waals surface area contributed by atoms with Gasteiger partial charge in [0.15, 0.2) is 0 Å². The maximum absolute atomic E-state index is 12.1. The van der Waals surface area contributed by atoms with E-state index < -0.39 is 0 Å². The van der Waals surface area contributed by atoms with Gasteiger partial charge in [0, 0.05) is 32.1 Å². The quantitative estimate of drug-likeness (QED) is 0.798. The number of carbonyl (C=O) groups is 1. The van der Waals surface area contributed by atoms with Crippen LogP contribution in [-0.2, 0) is 17.9 Å². The van der Waals surface area contributed by atoms with Gasteiger partial charge in [-0.3, -0.25) is 9.69 Å². The van der Waals surface area contributed by atoms with Gasteiger partial charge >= 0.3 is 0 Å². The van der Waals surface area contributed by atoms with Crippen molar-refractivity contribution in [2.24, 2.45) is 0 Å². The number of aryl methyl sites for hydroxylation is 1. The van der Waals surface area contributed by atoms with E-state index in [2.05, 4.69) is 67.4 Å². The van der Waals surface area contributed by atoms with Crippen molar-refractivity contribution in [1.82, 2.24) is 10.2 Å². The maximum Gasteiger partial charge on any atom is 0.221 e. The number of rotatable bonds is 8. The second-order valence-corrected chi connectivity index (χ2v) is 6.57. The Morgan fingerprint density at radius 2 is 1.75 bits per heavy atom. The molecule has 0 aliphatic carbocycles. The van der Waals surface area contributed by atoms with Crippen molar-refractivity contribution < 1.29 is 4.79 Å². The van der Waals surface area contributed by atoms with E-state index in [4.69, 9.17) is 0 Å². The Kier molecular flexibility index (Phi) is 7.01. The molecule has 128 valence electrons. The smallest absolute Gasteiger partial charge is 0.221 e. The van der Waals surface area contributed by atoms with Gasteiger partial charge in [-0.25, -0.2) is 0 Å². The summed E-state index contributed by atoms with van der Waals surface area (Å²) < 4.78 is 0. The normalized spacial score (nSPS) is 11.0. The van der Waals surface area contributed by atoms with E-state index >= 15 is 0 Å². The van der Waals surface area contributed by atoms with Gasteiger partial charge in [-0.1, -0.05) is 60.2 Å². The van der Waals surface area contributed by atoms with Gasteiger partial charge in [0.05, 0.1) is 0 Å². The summed E-state index contributed by atoms with van der Waals surface area (Å²) in [5.74, 6) is 0.107. The fourth-order valence-corrected chi connectivity index (χ4v) is 2.69. The topological polar surface area (TPSA) is 32.3 Å². The minimum Gasteiger partial charge on any atom is -0.352 e. The second kappa shape index (κ2) is 9.24. The zero-order chi connectivity index (χ0) is 17.4. The van der Waals surface area contributed by atoms with E-state index in [1.807, 2.05) is 18.2 Å². The van der Waals surface area contributed by atoms with Crippen LogP contribution in [0.25, 0.3) is 0 Å². The minimum atomic E-state index is 0.107. The van der Waals surface area contributed by atoms with Crippen LogP contribution in [0, 0.1) is 6.92 Å². The Balaban J connectivity index is 1.79. The summed E-state index contributed by atoms with van der Waals surface area (Å²) >= 11 is 0. The van der Waals surface area contributed by atoms with Crippen LogP contribution in [0.5, 0.6) is 0 Å². The standard InChI is InChI=1S/C21H28N2O/c1-17(2)23(16-19-9-5-4-6-10-19)13-12-21(24)22-15-20-11-7-8-18(3)14-20/h4-11,14,17H,12-13,15-16H2,1-3H3,(H,22,24). The molecule has 0 radical (unpaired) electrons. The second-order valence-electron chi connectivity index (χ2n) is 6.57. The molecule has 0 aliphatic rings. The lowest BCUT2D eigenvalue weighted by Gasteiger charge is -2.26. The molecule has 2 aromatic carbocycles. The van der Waals surface area contributed by atoms with Crippen molar-refractivity contribution in [3.8, 4) is 0 Å². The molecule has 0 aliphatic heterocycles. The molecule has 1 N–H and O–H groups in total. The molecule has 0 fully saturated rings. The minimum absolute atomic E-state index is 0.107. The van der Waals surface area contributed by atoms with E-state index in [0.717, 1.165) is 18.7 Å². The highest BCUT2D eigenvalue weighted by Crippen LogP contribution is 2.09. The Labute approximate surface area is 145 Å². The van der Waals surface area contributed by atoms with Crippen LogP contribution in [-0.4, -0.2) is 23.4 Å². The van der Waals surface area contributed by atoms with Crippen molar-refractivity contribution in [2.45, 2.75) is 46.3 Å². The fraction of sp³-hybridized carbons (Fsp3) is 0.381. The summed E-state index contributed by atoms with van der Waals surface area (Å²) in [7, 11) is 0. The van der Waals surface area contributed by atoms with Crippen LogP contribution < -0.4 is 5.32 Å². The number of hydrogen-bond donors (Lipinski definition) is 1. The van der Waals surface area contributed by atoms with Crippen LogP contribution >= 0.6 is 0 Å². The molecular formula is C21H28N2O. The molecule has 2 aromatic rings. The van der Waals surface area contributed by atoms with Crippen molar-refractivity contribution in [1.29, 1.82) is 0 Å². The molecule has 2 rings (SSSR count). The number of benzene rings is 2. The third-order valence-corrected chi connectivity index (χ3v) is 4.16. The maximum atomic E-state index is 12.1. The highest BCUT2D eigenvalue weighted by atomic mass is 16.1. The van der Waals surface area contributed by atoms with Crippen molar-refractivity contribution in [2.75, 3.05) is 6.54 Å². The Hall–Kier alpha value is -2.13. The monoisotopic (exact) mass is 324 g/mol. The summed E-state index contributed by atoms with van der Waals surface area (Å²) in [6, 6.07) is 19.1. The first-order chi connectivity index (χ1) is 11.5. The lowest BCUT2D eigenvalue weighted by Crippen LogP contribution is -2.34. The van der Waals surface area contributed by atoms with Crippen LogP contribution in [0.3, 0.4) is 0 Å². The average Bonchev–Trinajstić information content (AvgIpc) is 2.57. The third kappa shape index (κ3) is 6.17. The molecule has 0 bridgehead atoms. The first-order valence-electron chi connectivity index (χ1n) is 8.65. The molecule has 0 aromatic heterocycles. The van der Waals surface area contributed by atoms with Gasteiger partial charge in [-0.2, -0.15) is 0 Å². The highest BCUT2D eigenvalue weighted by molar-refractivity contribution is 5.76. The number of hydrogen-bond acceptors (Lipinski definition) is 2. The predicted octanol–water partition coefficient (Wildman–Crippen LogP) is 3.91. The summed E-state index contributed by atoms with van der Waals surface area (Å²) in [6.45, 7) is 8.66. The Bertz CT molecular complexity index is 637. The first kappa shape index (κ1) is 18.2. The Morgan fingerprint density at radius 1 is 1.04 bits per heavy atom. The van der Waals surface area contributed by atoms with Crippen LogP contribution in [0.2, 0.25) is 0 Å². The number of nitrogens with zero attached hydrogens (tertiary/aromatic N) is 1. The summed E-state index contributed by atoms with van der Waals surface area (Å²) in [5, 5.41) is 3.02. The van der Waals surface area contributed by atoms with Crippen molar-refractivity contribution in [3.05, 3.63) is 71.3 Å². The summed E-state index contributed by atoms with van der Waals surface area (Å²) in [4.78, 5) is 14.5. The number of carbonyl (C=O) groups excluding carboxylic acids is 1. The molecule has 0 saturated carbocycles. The SMILES string of the molecule is Cc1cccc(CNC(=O)CCN(Cc2ccccc2)C(C)C)c1. The van der Waals surface area contributed by atoms with E-state index in [1.54, 1.807) is 0 Å². The zero-order valence-corrected chi connectivity index (χ0v) is 15.0. The molecule has 1 amide bonds. The number of nitrogens with one attached hydrogen (secondary N) is 1. The molecule has 0 unspecified atom stereocenters. The van der Waals surface area contributed by atoms with E-state index in [0.29, 0.717) is 19.0 Å².